The second kappa shape index (κ2) is 6.11. The summed E-state index contributed by atoms with van der Waals surface area (Å²) in [7, 11) is 4.45. The van der Waals surface area contributed by atoms with E-state index in [1.807, 2.05) is 12.1 Å². The van der Waals surface area contributed by atoms with E-state index in [1.165, 1.54) is 0 Å². The van der Waals surface area contributed by atoms with Gasteiger partial charge in [0, 0.05) is 0 Å². The van der Waals surface area contributed by atoms with Crippen LogP contribution in [0.5, 0.6) is 0 Å². The third-order valence-electron chi connectivity index (χ3n) is 0.439. The van der Waals surface area contributed by atoms with E-state index in [1.54, 1.807) is 11.3 Å². The van der Waals surface area contributed by atoms with Gasteiger partial charge in [-0.25, -0.2) is 0 Å². The molecule has 0 fully saturated rings. The molecule has 1 aromatic rings. The Morgan fingerprint density at radius 2 is 2.38 bits per heavy atom. The van der Waals surface area contributed by atoms with Gasteiger partial charge in [-0.15, -0.1) is 21.3 Å². The van der Waals surface area contributed by atoms with E-state index in [2.05, 4.69) is 46.5 Å². The van der Waals surface area contributed by atoms with Crippen molar-refractivity contribution in [2.24, 2.45) is 0 Å². The Bertz CT molecular complexity index is 120. The summed E-state index contributed by atoms with van der Waals surface area (Å²) in [5.74, 6) is 0. The van der Waals surface area contributed by atoms with Gasteiger partial charge in [-0.3, -0.25) is 11.3 Å². The van der Waals surface area contributed by atoms with E-state index in [9.17, 15) is 0 Å². The molecule has 0 bridgehead atoms. The molecule has 0 aliphatic heterocycles. The molecule has 0 amide bonds. The maximum atomic E-state index is 4.45. The Morgan fingerprint density at radius 1 is 1.75 bits per heavy atom. The van der Waals surface area contributed by atoms with Gasteiger partial charge in [-0.2, -0.15) is 12.1 Å². The molecule has 8 heavy (non-hydrogen) atoms. The molecule has 45 valence electrons. The van der Waals surface area contributed by atoms with Crippen molar-refractivity contribution >= 4 is 37.4 Å². The van der Waals surface area contributed by atoms with E-state index in [0.717, 1.165) is 3.79 Å². The third kappa shape index (κ3) is 3.93. The third-order valence-corrected chi connectivity index (χ3v) is 1.77. The van der Waals surface area contributed by atoms with Crippen LogP contribution in [0.25, 0.3) is 0 Å². The monoisotopic (exact) mass is 251 g/mol. The average Bonchev–Trinajstić information content (AvgIpc) is 2.24. The van der Waals surface area contributed by atoms with Crippen molar-refractivity contribution in [3.63, 3.8) is 0 Å². The van der Waals surface area contributed by atoms with Crippen LogP contribution in [0, 0.1) is 5.38 Å². The molecule has 4 heteroatoms. The zero-order valence-electron chi connectivity index (χ0n) is 3.70. The quantitative estimate of drug-likeness (QED) is 0.492. The summed E-state index contributed by atoms with van der Waals surface area (Å²) in [5, 5.41) is 2.92. The standard InChI is InChI=1S/C4H2BrS.ClH.Mn/c5-4-2-1-3-6-4;;/h1-2H;1H;/q-1;;+2/p-1. The molecule has 0 spiro atoms. The van der Waals surface area contributed by atoms with Crippen molar-refractivity contribution in [2.75, 3.05) is 0 Å². The van der Waals surface area contributed by atoms with Crippen LogP contribution in [0.2, 0.25) is 0 Å². The molecule has 0 atom stereocenters. The first-order valence-electron chi connectivity index (χ1n) is 1.65. The van der Waals surface area contributed by atoms with E-state index < -0.39 is 0 Å². The van der Waals surface area contributed by atoms with Crippen LogP contribution in [0.1, 0.15) is 0 Å². The minimum absolute atomic E-state index is 1.14. The maximum absolute atomic E-state index is 4.45. The van der Waals surface area contributed by atoms with Gasteiger partial charge in [-0.1, -0.05) is 3.79 Å². The molecule has 0 radical (unpaired) electrons. The van der Waals surface area contributed by atoms with Crippen LogP contribution in [-0.4, -0.2) is 0 Å². The first-order valence-corrected chi connectivity index (χ1v) is 4.88. The van der Waals surface area contributed by atoms with Crippen molar-refractivity contribution < 1.29 is 15.1 Å². The zero-order valence-corrected chi connectivity index (χ0v) is 8.04. The van der Waals surface area contributed by atoms with E-state index in [-0.39, 0.29) is 0 Å². The molecular weight excluding hydrogens is 250 g/mol. The van der Waals surface area contributed by atoms with Gasteiger partial charge < -0.3 is 0 Å². The molecule has 0 unspecified atom stereocenters. The topological polar surface area (TPSA) is 0 Å². The summed E-state index contributed by atoms with van der Waals surface area (Å²) < 4.78 is 1.14. The van der Waals surface area contributed by atoms with Crippen LogP contribution in [0.4, 0.5) is 0 Å². The fraction of sp³-hybridized carbons (Fsp3) is 0. The van der Waals surface area contributed by atoms with Crippen molar-refractivity contribution in [3.8, 4) is 0 Å². The second-order valence-corrected chi connectivity index (χ2v) is 3.12. The number of hydrogen-bond donors (Lipinski definition) is 0. The number of thiophene rings is 1. The Kier molecular flexibility index (Phi) is 6.87. The van der Waals surface area contributed by atoms with Crippen LogP contribution in [0.15, 0.2) is 15.9 Å². The van der Waals surface area contributed by atoms with Crippen LogP contribution in [-0.2, 0) is 15.1 Å². The van der Waals surface area contributed by atoms with E-state index in [4.69, 9.17) is 0 Å². The molecule has 0 N–H and O–H groups in total. The van der Waals surface area contributed by atoms with Gasteiger partial charge in [0.2, 0.25) is 0 Å². The summed E-state index contributed by atoms with van der Waals surface area (Å²) in [5.41, 5.74) is 0. The summed E-state index contributed by atoms with van der Waals surface area (Å²) >= 11 is 7.25. The van der Waals surface area contributed by atoms with Gasteiger partial charge in [-0.05, 0) is 0 Å². The normalized spacial score (nSPS) is 7.25. The van der Waals surface area contributed by atoms with Crippen molar-refractivity contribution in [1.82, 2.24) is 0 Å². The number of hydrogen-bond acceptors (Lipinski definition) is 1. The van der Waals surface area contributed by atoms with Crippen molar-refractivity contribution in [3.05, 3.63) is 21.3 Å². The summed E-state index contributed by atoms with van der Waals surface area (Å²) in [4.78, 5) is 0. The fourth-order valence-electron chi connectivity index (χ4n) is 0.224. The van der Waals surface area contributed by atoms with Crippen LogP contribution in [0.3, 0.4) is 0 Å². The second-order valence-electron chi connectivity index (χ2n) is 0.857. The Morgan fingerprint density at radius 3 is 2.50 bits per heavy atom. The molecule has 0 saturated carbocycles. The predicted molar refractivity (Wildman–Crippen MR) is 36.7 cm³/mol. The molecular formula is C4H2BrClMnS. The van der Waals surface area contributed by atoms with Gasteiger partial charge in [0.1, 0.15) is 0 Å². The molecule has 0 nitrogen and oxygen atoms in total. The van der Waals surface area contributed by atoms with Gasteiger partial charge in [0.15, 0.2) is 0 Å². The predicted octanol–water partition coefficient (Wildman–Crippen LogP) is 3.00. The average molecular weight is 252 g/mol. The minimum atomic E-state index is 1.14. The molecule has 1 heterocycles. The zero-order chi connectivity index (χ0) is 6.41. The Hall–Kier alpha value is 0.989. The summed E-state index contributed by atoms with van der Waals surface area (Å²) in [6.07, 6.45) is 0. The van der Waals surface area contributed by atoms with Crippen LogP contribution >= 0.6 is 37.4 Å². The van der Waals surface area contributed by atoms with Gasteiger partial charge in [0.05, 0.1) is 0 Å². The number of halogens is 2. The number of rotatable bonds is 0. The van der Waals surface area contributed by atoms with E-state index >= 15 is 0 Å². The molecule has 1 aromatic heterocycles. The molecule has 0 saturated heterocycles. The SMILES string of the molecule is Brc1cc[c-]s1.[Cl][Mn+]. The van der Waals surface area contributed by atoms with Gasteiger partial charge in [0.25, 0.3) is 0 Å². The molecule has 0 aromatic carbocycles. The van der Waals surface area contributed by atoms with Gasteiger partial charge >= 0.3 is 25.2 Å². The Labute approximate surface area is 73.4 Å². The van der Waals surface area contributed by atoms with Crippen molar-refractivity contribution in [2.45, 2.75) is 0 Å². The summed E-state index contributed by atoms with van der Waals surface area (Å²) in [6, 6.07) is 3.85. The summed E-state index contributed by atoms with van der Waals surface area (Å²) in [6.45, 7) is 0. The molecule has 1 rings (SSSR count). The molecule has 0 aliphatic rings. The van der Waals surface area contributed by atoms with E-state index in [0.29, 0.717) is 0 Å². The first kappa shape index (κ1) is 8.99. The van der Waals surface area contributed by atoms with Crippen LogP contribution < -0.4 is 0 Å². The Balaban J connectivity index is 0.000000222. The first-order chi connectivity index (χ1) is 3.89. The molecule has 0 aliphatic carbocycles. The fourth-order valence-corrected chi connectivity index (χ4v) is 1.02. The van der Waals surface area contributed by atoms with Crippen molar-refractivity contribution in [1.29, 1.82) is 0 Å².